The minimum Gasteiger partial charge on any atom is -0.310 e. The molecule has 2 aliphatic carbocycles. The van der Waals surface area contributed by atoms with Gasteiger partial charge in [0, 0.05) is 39.4 Å². The third kappa shape index (κ3) is 6.94. The molecular formula is C70H52N2. The van der Waals surface area contributed by atoms with E-state index in [-0.39, 0.29) is 5.41 Å². The van der Waals surface area contributed by atoms with E-state index in [2.05, 4.69) is 303 Å². The summed E-state index contributed by atoms with van der Waals surface area (Å²) in [6, 6.07) is 103. The molecule has 2 aliphatic rings. The molecule has 0 unspecified atom stereocenters. The van der Waals surface area contributed by atoms with Crippen LogP contribution >= 0.6 is 0 Å². The van der Waals surface area contributed by atoms with Gasteiger partial charge in [0.2, 0.25) is 0 Å². The second-order valence-corrected chi connectivity index (χ2v) is 19.6. The summed E-state index contributed by atoms with van der Waals surface area (Å²) in [5.74, 6) is 0. The molecule has 0 N–H and O–H groups in total. The van der Waals surface area contributed by atoms with E-state index in [1.54, 1.807) is 0 Å². The van der Waals surface area contributed by atoms with E-state index in [4.69, 9.17) is 0 Å². The number of anilines is 6. The molecule has 0 saturated carbocycles. The van der Waals surface area contributed by atoms with Crippen LogP contribution in [0.25, 0.3) is 44.5 Å². The number of rotatable bonds is 10. The molecule has 11 aromatic rings. The Hall–Kier alpha value is -8.98. The molecule has 0 bridgehead atoms. The van der Waals surface area contributed by atoms with Crippen LogP contribution in [0.4, 0.5) is 34.1 Å². The zero-order chi connectivity index (χ0) is 48.2. The third-order valence-electron chi connectivity index (χ3n) is 15.4. The molecule has 0 aromatic heterocycles. The van der Waals surface area contributed by atoms with Crippen LogP contribution in [-0.2, 0) is 10.8 Å². The molecule has 13 rings (SSSR count). The highest BCUT2D eigenvalue weighted by atomic mass is 15.2. The highest BCUT2D eigenvalue weighted by Gasteiger charge is 2.46. The van der Waals surface area contributed by atoms with Crippen LogP contribution in [-0.4, -0.2) is 0 Å². The van der Waals surface area contributed by atoms with E-state index in [0.717, 1.165) is 34.1 Å². The SMILES string of the molecule is CC1(C)c2ccccc2-c2c(N(c3ccc(N(c4ccc(-c5ccccc5)cc4)c4cccc(-c5ccccc5)c4)cc3)c3ccc(C4(c5ccccc5)c5ccccc5-c5ccccc54)cc3)cccc21. The van der Waals surface area contributed by atoms with Gasteiger partial charge in [-0.15, -0.1) is 0 Å². The molecule has 0 radical (unpaired) electrons. The second-order valence-electron chi connectivity index (χ2n) is 19.6. The summed E-state index contributed by atoms with van der Waals surface area (Å²) >= 11 is 0. The molecule has 72 heavy (non-hydrogen) atoms. The zero-order valence-electron chi connectivity index (χ0n) is 40.5. The maximum Gasteiger partial charge on any atom is 0.0713 e. The maximum absolute atomic E-state index is 2.48. The fraction of sp³-hybridized carbons (Fsp3) is 0.0571. The minimum atomic E-state index is -0.489. The van der Waals surface area contributed by atoms with Crippen molar-refractivity contribution in [1.29, 1.82) is 0 Å². The molecule has 0 aliphatic heterocycles. The van der Waals surface area contributed by atoms with Gasteiger partial charge in [-0.1, -0.05) is 226 Å². The zero-order valence-corrected chi connectivity index (χ0v) is 40.5. The van der Waals surface area contributed by atoms with Crippen molar-refractivity contribution in [2.75, 3.05) is 9.80 Å². The van der Waals surface area contributed by atoms with Gasteiger partial charge in [0.15, 0.2) is 0 Å². The van der Waals surface area contributed by atoms with Gasteiger partial charge in [0.05, 0.1) is 11.1 Å². The van der Waals surface area contributed by atoms with Crippen molar-refractivity contribution in [3.63, 3.8) is 0 Å². The van der Waals surface area contributed by atoms with Crippen molar-refractivity contribution in [1.82, 2.24) is 0 Å². The molecule has 0 amide bonds. The van der Waals surface area contributed by atoms with E-state index in [0.29, 0.717) is 0 Å². The lowest BCUT2D eigenvalue weighted by Gasteiger charge is -2.35. The smallest absolute Gasteiger partial charge is 0.0713 e. The Kier molecular flexibility index (Phi) is 10.4. The summed E-state index contributed by atoms with van der Waals surface area (Å²) < 4.78 is 0. The molecule has 0 heterocycles. The molecule has 0 spiro atoms. The molecule has 0 saturated heterocycles. The van der Waals surface area contributed by atoms with Crippen LogP contribution in [0.2, 0.25) is 0 Å². The Balaban J connectivity index is 0.973. The minimum absolute atomic E-state index is 0.155. The lowest BCUT2D eigenvalue weighted by molar-refractivity contribution is 0.660. The Morgan fingerprint density at radius 3 is 1.26 bits per heavy atom. The van der Waals surface area contributed by atoms with Crippen molar-refractivity contribution in [2.45, 2.75) is 24.7 Å². The summed E-state index contributed by atoms with van der Waals surface area (Å²) in [6.07, 6.45) is 0. The Labute approximate surface area is 423 Å². The number of benzene rings is 11. The van der Waals surface area contributed by atoms with Crippen molar-refractivity contribution < 1.29 is 0 Å². The quantitative estimate of drug-likeness (QED) is 0.135. The Bertz CT molecular complexity index is 3700. The topological polar surface area (TPSA) is 6.48 Å². The first-order valence-electron chi connectivity index (χ1n) is 25.1. The maximum atomic E-state index is 2.48. The van der Waals surface area contributed by atoms with Crippen LogP contribution in [0.1, 0.15) is 47.2 Å². The van der Waals surface area contributed by atoms with Crippen molar-refractivity contribution >= 4 is 34.1 Å². The average Bonchev–Trinajstić information content (AvgIpc) is 3.88. The number of nitrogens with zero attached hydrogens (tertiary/aromatic N) is 2. The van der Waals surface area contributed by atoms with Crippen molar-refractivity contribution in [3.8, 4) is 44.5 Å². The first-order valence-corrected chi connectivity index (χ1v) is 25.1. The second kappa shape index (κ2) is 17.5. The monoisotopic (exact) mass is 920 g/mol. The van der Waals surface area contributed by atoms with Gasteiger partial charge in [-0.3, -0.25) is 0 Å². The van der Waals surface area contributed by atoms with Crippen molar-refractivity contribution in [2.24, 2.45) is 0 Å². The van der Waals surface area contributed by atoms with Crippen LogP contribution in [0.3, 0.4) is 0 Å². The molecule has 11 aromatic carbocycles. The number of fused-ring (bicyclic) bond motifs is 6. The molecule has 0 fully saturated rings. The largest absolute Gasteiger partial charge is 0.310 e. The average molecular weight is 921 g/mol. The van der Waals surface area contributed by atoms with Gasteiger partial charge in [0.1, 0.15) is 0 Å². The summed E-state index contributed by atoms with van der Waals surface area (Å²) in [6.45, 7) is 4.73. The highest BCUT2D eigenvalue weighted by molar-refractivity contribution is 5.96. The lowest BCUT2D eigenvalue weighted by atomic mass is 9.68. The Morgan fingerprint density at radius 2 is 0.667 bits per heavy atom. The summed E-state index contributed by atoms with van der Waals surface area (Å²) in [7, 11) is 0. The summed E-state index contributed by atoms with van der Waals surface area (Å²) in [5, 5.41) is 0. The number of hydrogen-bond donors (Lipinski definition) is 0. The molecule has 2 nitrogen and oxygen atoms in total. The lowest BCUT2D eigenvalue weighted by Crippen LogP contribution is -2.28. The van der Waals surface area contributed by atoms with E-state index in [1.165, 1.54) is 77.9 Å². The van der Waals surface area contributed by atoms with Gasteiger partial charge >= 0.3 is 0 Å². The van der Waals surface area contributed by atoms with Gasteiger partial charge in [-0.05, 0) is 139 Å². The van der Waals surface area contributed by atoms with Crippen LogP contribution in [0.15, 0.2) is 279 Å². The summed E-state index contributed by atoms with van der Waals surface area (Å²) in [4.78, 5) is 4.86. The Morgan fingerprint density at radius 1 is 0.264 bits per heavy atom. The van der Waals surface area contributed by atoms with Crippen molar-refractivity contribution in [3.05, 3.63) is 312 Å². The fourth-order valence-electron chi connectivity index (χ4n) is 12.0. The molecule has 2 heteroatoms. The number of hydrogen-bond acceptors (Lipinski definition) is 2. The van der Waals surface area contributed by atoms with Crippen LogP contribution in [0, 0.1) is 0 Å². The standard InChI is InChI=1S/C70H52N2/c1-69(2)63-31-15-14-30-62(63)68-66(69)34-19-35-67(68)72(57-42-38-54(39-43-57)70(53-25-10-5-11-26-53)64-32-16-12-28-60(64)61-29-13-17-33-65(61)70)58-46-44-56(45-47-58)71(55-40-36-51(37-41-55)49-20-6-3-7-21-49)59-27-18-24-52(48-59)50-22-8-4-9-23-50/h3-48H,1-2H3. The van der Waals surface area contributed by atoms with Crippen LogP contribution in [0.5, 0.6) is 0 Å². The van der Waals surface area contributed by atoms with Gasteiger partial charge in [0.25, 0.3) is 0 Å². The van der Waals surface area contributed by atoms with E-state index < -0.39 is 5.41 Å². The predicted octanol–water partition coefficient (Wildman–Crippen LogP) is 18.6. The van der Waals surface area contributed by atoms with E-state index in [1.807, 2.05) is 0 Å². The molecule has 0 atom stereocenters. The predicted molar refractivity (Wildman–Crippen MR) is 302 cm³/mol. The van der Waals surface area contributed by atoms with Gasteiger partial charge in [-0.25, -0.2) is 0 Å². The van der Waals surface area contributed by atoms with Gasteiger partial charge in [-0.2, -0.15) is 0 Å². The van der Waals surface area contributed by atoms with Crippen LogP contribution < -0.4 is 9.80 Å². The molecular weight excluding hydrogens is 869 g/mol. The first-order chi connectivity index (χ1) is 35.5. The van der Waals surface area contributed by atoms with E-state index in [9.17, 15) is 0 Å². The molecule has 342 valence electrons. The van der Waals surface area contributed by atoms with E-state index >= 15 is 0 Å². The fourth-order valence-corrected chi connectivity index (χ4v) is 12.0. The van der Waals surface area contributed by atoms with Gasteiger partial charge < -0.3 is 9.80 Å². The summed E-state index contributed by atoms with van der Waals surface area (Å²) in [5.41, 5.74) is 23.6. The third-order valence-corrected chi connectivity index (χ3v) is 15.4. The first kappa shape index (κ1) is 43.1. The normalized spacial score (nSPS) is 13.4. The highest BCUT2D eigenvalue weighted by Crippen LogP contribution is 2.58.